The van der Waals surface area contributed by atoms with Gasteiger partial charge in [0.2, 0.25) is 5.91 Å². The van der Waals surface area contributed by atoms with Gasteiger partial charge >= 0.3 is 6.03 Å². The zero-order valence-electron chi connectivity index (χ0n) is 17.5. The van der Waals surface area contributed by atoms with Crippen molar-refractivity contribution in [3.63, 3.8) is 0 Å². The summed E-state index contributed by atoms with van der Waals surface area (Å²) in [7, 11) is 0. The third-order valence-corrected chi connectivity index (χ3v) is 5.82. The van der Waals surface area contributed by atoms with Gasteiger partial charge in [-0.25, -0.2) is 4.79 Å². The maximum absolute atomic E-state index is 12.9. The van der Waals surface area contributed by atoms with Crippen LogP contribution >= 0.6 is 0 Å². The Kier molecular flexibility index (Phi) is 5.52. The van der Waals surface area contributed by atoms with Crippen molar-refractivity contribution >= 4 is 29.3 Å². The molecule has 1 aromatic carbocycles. The number of nitrogens with one attached hydrogen (secondary N) is 2. The topological polar surface area (TPSA) is 95.6 Å². The smallest absolute Gasteiger partial charge is 0.325 e. The van der Waals surface area contributed by atoms with Gasteiger partial charge in [-0.05, 0) is 55.9 Å². The molecule has 29 heavy (non-hydrogen) atoms. The van der Waals surface area contributed by atoms with E-state index in [0.29, 0.717) is 30.0 Å². The fourth-order valence-corrected chi connectivity index (χ4v) is 3.71. The van der Waals surface area contributed by atoms with E-state index in [1.54, 1.807) is 24.3 Å². The van der Waals surface area contributed by atoms with E-state index < -0.39 is 17.0 Å². The summed E-state index contributed by atoms with van der Waals surface area (Å²) < 4.78 is 0. The predicted molar refractivity (Wildman–Crippen MR) is 109 cm³/mol. The van der Waals surface area contributed by atoms with E-state index in [0.717, 1.165) is 17.7 Å². The van der Waals surface area contributed by atoms with Crippen LogP contribution in [0.25, 0.3) is 0 Å². The number of nitrogens with zero attached hydrogens (tertiary/aromatic N) is 1. The number of rotatable bonds is 4. The fraction of sp³-hybridized carbons (Fsp3) is 0.545. The van der Waals surface area contributed by atoms with Gasteiger partial charge in [-0.1, -0.05) is 27.7 Å². The third-order valence-electron chi connectivity index (χ3n) is 5.82. The normalized spacial score (nSPS) is 24.6. The van der Waals surface area contributed by atoms with Crippen molar-refractivity contribution < 1.29 is 19.2 Å². The van der Waals surface area contributed by atoms with E-state index in [1.807, 2.05) is 20.8 Å². The second-order valence-corrected chi connectivity index (χ2v) is 9.29. The van der Waals surface area contributed by atoms with Gasteiger partial charge in [-0.2, -0.15) is 0 Å². The molecule has 3 rings (SSSR count). The van der Waals surface area contributed by atoms with Crippen molar-refractivity contribution in [1.82, 2.24) is 10.2 Å². The van der Waals surface area contributed by atoms with Crippen LogP contribution in [0, 0.1) is 11.3 Å². The number of anilines is 1. The van der Waals surface area contributed by atoms with E-state index in [2.05, 4.69) is 17.6 Å². The van der Waals surface area contributed by atoms with Gasteiger partial charge in [0, 0.05) is 16.7 Å². The summed E-state index contributed by atoms with van der Waals surface area (Å²) in [6.45, 7) is 7.31. The minimum Gasteiger partial charge on any atom is -0.326 e. The standard InChI is InChI=1S/C22H29N3O4/c1-14-9-11-22(12-10-14)19(28)25(20(29)24-22)13-17(26)15-5-7-16(8-6-15)23-18(27)21(2,3)4/h5-8,14H,9-13H2,1-4H3,(H,23,27)(H,24,29). The summed E-state index contributed by atoms with van der Waals surface area (Å²) in [5.41, 5.74) is -0.389. The Morgan fingerprint density at radius 3 is 2.28 bits per heavy atom. The van der Waals surface area contributed by atoms with E-state index in [4.69, 9.17) is 0 Å². The number of amides is 4. The molecule has 1 spiro atoms. The molecular formula is C22H29N3O4. The van der Waals surface area contributed by atoms with E-state index in [-0.39, 0.29) is 24.1 Å². The first-order valence-electron chi connectivity index (χ1n) is 10.1. The second kappa shape index (κ2) is 7.61. The molecule has 2 N–H and O–H groups in total. The first-order valence-corrected chi connectivity index (χ1v) is 10.1. The van der Waals surface area contributed by atoms with Gasteiger partial charge in [0.1, 0.15) is 5.54 Å². The number of imide groups is 1. The van der Waals surface area contributed by atoms with Crippen LogP contribution in [0.3, 0.4) is 0 Å². The number of hydrogen-bond acceptors (Lipinski definition) is 4. The first kappa shape index (κ1) is 21.0. The average Bonchev–Trinajstić information content (AvgIpc) is 2.88. The summed E-state index contributed by atoms with van der Waals surface area (Å²) in [5, 5.41) is 5.63. The maximum Gasteiger partial charge on any atom is 0.325 e. The third kappa shape index (κ3) is 4.33. The quantitative estimate of drug-likeness (QED) is 0.599. The van der Waals surface area contributed by atoms with Crippen LogP contribution in [0.4, 0.5) is 10.5 Å². The molecule has 0 radical (unpaired) electrons. The summed E-state index contributed by atoms with van der Waals surface area (Å²) >= 11 is 0. The Balaban J connectivity index is 1.65. The Morgan fingerprint density at radius 1 is 1.14 bits per heavy atom. The lowest BCUT2D eigenvalue weighted by Gasteiger charge is -2.33. The molecule has 1 saturated heterocycles. The highest BCUT2D eigenvalue weighted by atomic mass is 16.2. The minimum absolute atomic E-state index is 0.122. The SMILES string of the molecule is CC1CCC2(CC1)NC(=O)N(CC(=O)c1ccc(NC(=O)C(C)(C)C)cc1)C2=O. The number of carbonyl (C=O) groups is 4. The molecular weight excluding hydrogens is 370 g/mol. The molecule has 2 fully saturated rings. The molecule has 4 amide bonds. The van der Waals surface area contributed by atoms with Crippen molar-refractivity contribution in [3.8, 4) is 0 Å². The zero-order valence-corrected chi connectivity index (χ0v) is 17.5. The molecule has 0 atom stereocenters. The van der Waals surface area contributed by atoms with Gasteiger partial charge in [0.25, 0.3) is 5.91 Å². The molecule has 7 nitrogen and oxygen atoms in total. The van der Waals surface area contributed by atoms with Crippen LogP contribution in [-0.2, 0) is 9.59 Å². The Labute approximate surface area is 171 Å². The van der Waals surface area contributed by atoms with Crippen molar-refractivity contribution in [2.75, 3.05) is 11.9 Å². The summed E-state index contributed by atoms with van der Waals surface area (Å²) in [6.07, 6.45) is 3.00. The number of hydrogen-bond donors (Lipinski definition) is 2. The molecule has 0 bridgehead atoms. The molecule has 1 aliphatic heterocycles. The Hall–Kier alpha value is -2.70. The highest BCUT2D eigenvalue weighted by molar-refractivity contribution is 6.11. The largest absolute Gasteiger partial charge is 0.326 e. The van der Waals surface area contributed by atoms with Crippen molar-refractivity contribution in [2.45, 2.75) is 58.9 Å². The van der Waals surface area contributed by atoms with Crippen LogP contribution in [0.2, 0.25) is 0 Å². The van der Waals surface area contributed by atoms with Crippen LogP contribution in [0.5, 0.6) is 0 Å². The number of benzene rings is 1. The number of Topliss-reactive ketones (excluding diaryl/α,β-unsaturated/α-hetero) is 1. The lowest BCUT2D eigenvalue weighted by Crippen LogP contribution is -2.49. The van der Waals surface area contributed by atoms with Gasteiger partial charge in [0.05, 0.1) is 6.54 Å². The predicted octanol–water partition coefficient (Wildman–Crippen LogP) is 3.35. The van der Waals surface area contributed by atoms with E-state index in [9.17, 15) is 19.2 Å². The Morgan fingerprint density at radius 2 is 1.72 bits per heavy atom. The van der Waals surface area contributed by atoms with Crippen LogP contribution in [-0.4, -0.2) is 40.6 Å². The van der Waals surface area contributed by atoms with Gasteiger partial charge in [0.15, 0.2) is 5.78 Å². The molecule has 1 aliphatic carbocycles. The van der Waals surface area contributed by atoms with Crippen LogP contribution < -0.4 is 10.6 Å². The highest BCUT2D eigenvalue weighted by Gasteiger charge is 2.52. The fourth-order valence-electron chi connectivity index (χ4n) is 3.71. The zero-order chi connectivity index (χ0) is 21.4. The van der Waals surface area contributed by atoms with Gasteiger partial charge in [-0.3, -0.25) is 19.3 Å². The molecule has 156 valence electrons. The number of urea groups is 1. The van der Waals surface area contributed by atoms with Gasteiger partial charge < -0.3 is 10.6 Å². The molecule has 1 heterocycles. The Bertz CT molecular complexity index is 831. The van der Waals surface area contributed by atoms with E-state index in [1.165, 1.54) is 0 Å². The maximum atomic E-state index is 12.9. The molecule has 0 aromatic heterocycles. The number of carbonyl (C=O) groups excluding carboxylic acids is 4. The summed E-state index contributed by atoms with van der Waals surface area (Å²) in [4.78, 5) is 51.0. The monoisotopic (exact) mass is 399 g/mol. The van der Waals surface area contributed by atoms with Crippen LogP contribution in [0.1, 0.15) is 63.7 Å². The van der Waals surface area contributed by atoms with Crippen molar-refractivity contribution in [1.29, 1.82) is 0 Å². The summed E-state index contributed by atoms with van der Waals surface area (Å²) in [6, 6.07) is 5.99. The molecule has 1 aromatic rings. The lowest BCUT2D eigenvalue weighted by molar-refractivity contribution is -0.132. The van der Waals surface area contributed by atoms with E-state index >= 15 is 0 Å². The lowest BCUT2D eigenvalue weighted by atomic mass is 9.77. The first-order chi connectivity index (χ1) is 13.5. The molecule has 2 aliphatic rings. The van der Waals surface area contributed by atoms with Crippen molar-refractivity contribution in [3.05, 3.63) is 29.8 Å². The highest BCUT2D eigenvalue weighted by Crippen LogP contribution is 2.36. The molecule has 0 unspecified atom stereocenters. The molecule has 7 heteroatoms. The second-order valence-electron chi connectivity index (χ2n) is 9.29. The van der Waals surface area contributed by atoms with Gasteiger partial charge in [-0.15, -0.1) is 0 Å². The minimum atomic E-state index is -0.842. The summed E-state index contributed by atoms with van der Waals surface area (Å²) in [5.74, 6) is -0.193. The number of ketones is 1. The molecule has 1 saturated carbocycles. The van der Waals surface area contributed by atoms with Crippen LogP contribution in [0.15, 0.2) is 24.3 Å². The average molecular weight is 399 g/mol. The van der Waals surface area contributed by atoms with Crippen molar-refractivity contribution in [2.24, 2.45) is 11.3 Å².